The minimum absolute atomic E-state index is 0.0508. The van der Waals surface area contributed by atoms with Crippen LogP contribution in [0, 0.1) is 0 Å². The van der Waals surface area contributed by atoms with Crippen molar-refractivity contribution in [3.8, 4) is 5.75 Å². The number of ketones is 1. The van der Waals surface area contributed by atoms with Crippen LogP contribution in [0.15, 0.2) is 24.3 Å². The molecule has 0 aliphatic rings. The maximum absolute atomic E-state index is 12.0. The molecule has 0 spiro atoms. The molecule has 0 fully saturated rings. The average Bonchev–Trinajstić information content (AvgIpc) is 2.55. The van der Waals surface area contributed by atoms with Gasteiger partial charge in [0.2, 0.25) is 11.8 Å². The van der Waals surface area contributed by atoms with Gasteiger partial charge in [0.25, 0.3) is 0 Å². The van der Waals surface area contributed by atoms with Crippen LogP contribution in [0.3, 0.4) is 0 Å². The fourth-order valence-corrected chi connectivity index (χ4v) is 2.00. The van der Waals surface area contributed by atoms with E-state index in [0.717, 1.165) is 12.8 Å². The van der Waals surface area contributed by atoms with Crippen molar-refractivity contribution in [2.24, 2.45) is 0 Å². The maximum Gasteiger partial charge on any atom is 0.220 e. The number of Topliss-reactive ketones (excluding diaryl/α,β-unsaturated/α-hetero) is 1. The van der Waals surface area contributed by atoms with Crippen molar-refractivity contribution in [1.82, 2.24) is 10.6 Å². The first-order chi connectivity index (χ1) is 11.0. The van der Waals surface area contributed by atoms with Crippen molar-refractivity contribution < 1.29 is 19.1 Å². The van der Waals surface area contributed by atoms with E-state index in [-0.39, 0.29) is 30.4 Å². The number of methoxy groups -OCH3 is 1. The summed E-state index contributed by atoms with van der Waals surface area (Å²) >= 11 is 0. The summed E-state index contributed by atoms with van der Waals surface area (Å²) in [6, 6.07) is 6.90. The Morgan fingerprint density at radius 2 is 1.74 bits per heavy atom. The van der Waals surface area contributed by atoms with Crippen LogP contribution in [0.1, 0.15) is 43.0 Å². The second kappa shape index (κ2) is 10.4. The monoisotopic (exact) mass is 320 g/mol. The van der Waals surface area contributed by atoms with Gasteiger partial charge in [-0.1, -0.05) is 12.1 Å². The molecule has 0 unspecified atom stereocenters. The van der Waals surface area contributed by atoms with Crippen molar-refractivity contribution >= 4 is 17.6 Å². The van der Waals surface area contributed by atoms with E-state index >= 15 is 0 Å². The number of amides is 2. The average molecular weight is 320 g/mol. The molecule has 0 radical (unpaired) electrons. The Hall–Kier alpha value is -2.37. The summed E-state index contributed by atoms with van der Waals surface area (Å²) in [5, 5.41) is 5.47. The molecule has 0 aliphatic heterocycles. The molecule has 0 saturated carbocycles. The zero-order valence-corrected chi connectivity index (χ0v) is 13.7. The Morgan fingerprint density at radius 1 is 1.04 bits per heavy atom. The highest BCUT2D eigenvalue weighted by atomic mass is 16.5. The molecule has 0 saturated heterocycles. The molecular weight excluding hydrogens is 296 g/mol. The van der Waals surface area contributed by atoms with Crippen LogP contribution in [0.4, 0.5) is 0 Å². The first-order valence-electron chi connectivity index (χ1n) is 7.71. The van der Waals surface area contributed by atoms with Crippen molar-refractivity contribution in [3.63, 3.8) is 0 Å². The number of unbranched alkanes of at least 4 members (excludes halogenated alkanes) is 1. The number of carbonyl (C=O) groups excluding carboxylic acids is 3. The summed E-state index contributed by atoms with van der Waals surface area (Å²) in [5.74, 6) is 0.357. The molecule has 0 heterocycles. The summed E-state index contributed by atoms with van der Waals surface area (Å²) in [5.41, 5.74) is 0.549. The molecule has 1 aromatic rings. The van der Waals surface area contributed by atoms with Gasteiger partial charge in [-0.25, -0.2) is 0 Å². The fraction of sp³-hybridized carbons (Fsp3) is 0.471. The number of hydrogen-bond acceptors (Lipinski definition) is 4. The molecule has 23 heavy (non-hydrogen) atoms. The Labute approximate surface area is 136 Å². The van der Waals surface area contributed by atoms with Crippen LogP contribution >= 0.6 is 0 Å². The Kier molecular flexibility index (Phi) is 8.42. The van der Waals surface area contributed by atoms with Gasteiger partial charge in [-0.15, -0.1) is 0 Å². The van der Waals surface area contributed by atoms with E-state index in [9.17, 15) is 14.4 Å². The van der Waals surface area contributed by atoms with E-state index in [1.54, 1.807) is 31.4 Å². The minimum atomic E-state index is -0.138. The molecule has 6 heteroatoms. The Balaban J connectivity index is 2.20. The first-order valence-corrected chi connectivity index (χ1v) is 7.71. The van der Waals surface area contributed by atoms with Crippen LogP contribution in [-0.2, 0) is 9.59 Å². The Morgan fingerprint density at radius 3 is 2.39 bits per heavy atom. The van der Waals surface area contributed by atoms with Crippen molar-refractivity contribution in [1.29, 1.82) is 0 Å². The predicted molar refractivity (Wildman–Crippen MR) is 87.5 cm³/mol. The molecule has 6 nitrogen and oxygen atoms in total. The molecule has 126 valence electrons. The summed E-state index contributed by atoms with van der Waals surface area (Å²) in [6.07, 6.45) is 1.94. The number of ether oxygens (including phenoxy) is 1. The number of carbonyl (C=O) groups is 3. The predicted octanol–water partition coefficient (Wildman–Crippen LogP) is 1.69. The zero-order chi connectivity index (χ0) is 17.1. The lowest BCUT2D eigenvalue weighted by Gasteiger charge is -2.06. The minimum Gasteiger partial charge on any atom is -0.497 e. The van der Waals surface area contributed by atoms with Gasteiger partial charge >= 0.3 is 0 Å². The highest BCUT2D eigenvalue weighted by Crippen LogP contribution is 2.14. The molecule has 0 atom stereocenters. The Bertz CT molecular complexity index is 543. The lowest BCUT2D eigenvalue weighted by atomic mass is 10.1. The molecule has 1 aromatic carbocycles. The molecule has 2 amide bonds. The lowest BCUT2D eigenvalue weighted by Crippen LogP contribution is -2.26. The zero-order valence-electron chi connectivity index (χ0n) is 13.7. The van der Waals surface area contributed by atoms with E-state index in [0.29, 0.717) is 24.4 Å². The fourth-order valence-electron chi connectivity index (χ4n) is 2.00. The third kappa shape index (κ3) is 7.99. The van der Waals surface area contributed by atoms with Crippen LogP contribution in [-0.4, -0.2) is 37.8 Å². The van der Waals surface area contributed by atoms with Gasteiger partial charge in [0, 0.05) is 38.4 Å². The van der Waals surface area contributed by atoms with E-state index in [1.165, 1.54) is 6.92 Å². The quantitative estimate of drug-likeness (QED) is 0.507. The summed E-state index contributed by atoms with van der Waals surface area (Å²) < 4.78 is 5.07. The van der Waals surface area contributed by atoms with Crippen LogP contribution in [0.5, 0.6) is 5.75 Å². The maximum atomic E-state index is 12.0. The molecular formula is C17H24N2O4. The van der Waals surface area contributed by atoms with Crippen molar-refractivity contribution in [2.75, 3.05) is 20.2 Å². The molecule has 0 bridgehead atoms. The second-order valence-corrected chi connectivity index (χ2v) is 5.20. The third-order valence-electron chi connectivity index (χ3n) is 3.27. The van der Waals surface area contributed by atoms with Crippen LogP contribution in [0.2, 0.25) is 0 Å². The van der Waals surface area contributed by atoms with Crippen molar-refractivity contribution in [3.05, 3.63) is 29.8 Å². The van der Waals surface area contributed by atoms with Gasteiger partial charge in [0.1, 0.15) is 5.75 Å². The summed E-state index contributed by atoms with van der Waals surface area (Å²) in [4.78, 5) is 34.4. The summed E-state index contributed by atoms with van der Waals surface area (Å²) in [7, 11) is 1.54. The third-order valence-corrected chi connectivity index (χ3v) is 3.27. The van der Waals surface area contributed by atoms with E-state index in [1.807, 2.05) is 0 Å². The lowest BCUT2D eigenvalue weighted by molar-refractivity contribution is -0.121. The first kappa shape index (κ1) is 18.7. The molecule has 0 aromatic heterocycles. The smallest absolute Gasteiger partial charge is 0.220 e. The molecule has 1 rings (SSSR count). The van der Waals surface area contributed by atoms with Crippen LogP contribution in [0.25, 0.3) is 0 Å². The van der Waals surface area contributed by atoms with E-state index in [4.69, 9.17) is 4.74 Å². The highest BCUT2D eigenvalue weighted by molar-refractivity contribution is 5.98. The van der Waals surface area contributed by atoms with E-state index < -0.39 is 0 Å². The van der Waals surface area contributed by atoms with Crippen molar-refractivity contribution in [2.45, 2.75) is 32.6 Å². The second-order valence-electron chi connectivity index (χ2n) is 5.20. The van der Waals surface area contributed by atoms with Gasteiger partial charge in [0.05, 0.1) is 7.11 Å². The highest BCUT2D eigenvalue weighted by Gasteiger charge is 2.09. The van der Waals surface area contributed by atoms with Gasteiger partial charge in [-0.3, -0.25) is 14.4 Å². The number of hydrogen-bond donors (Lipinski definition) is 2. The van der Waals surface area contributed by atoms with Crippen LogP contribution < -0.4 is 15.4 Å². The summed E-state index contributed by atoms with van der Waals surface area (Å²) in [6.45, 7) is 2.63. The van der Waals surface area contributed by atoms with E-state index in [2.05, 4.69) is 10.6 Å². The van der Waals surface area contributed by atoms with Gasteiger partial charge < -0.3 is 15.4 Å². The standard InChI is InChI=1S/C17H24N2O4/c1-13(20)18-10-3-4-11-19-17(22)9-8-16(21)14-6-5-7-15(12-14)23-2/h5-7,12H,3-4,8-11H2,1-2H3,(H,18,20)(H,19,22). The topological polar surface area (TPSA) is 84.5 Å². The van der Waals surface area contributed by atoms with Gasteiger partial charge in [-0.05, 0) is 25.0 Å². The number of rotatable bonds is 10. The number of benzene rings is 1. The van der Waals surface area contributed by atoms with Gasteiger partial charge in [-0.2, -0.15) is 0 Å². The SMILES string of the molecule is COc1cccc(C(=O)CCC(=O)NCCCCNC(C)=O)c1. The molecule has 2 N–H and O–H groups in total. The normalized spacial score (nSPS) is 10.0. The molecule has 0 aliphatic carbocycles. The largest absolute Gasteiger partial charge is 0.497 e. The number of nitrogens with one attached hydrogen (secondary N) is 2. The van der Waals surface area contributed by atoms with Gasteiger partial charge in [0.15, 0.2) is 5.78 Å².